The third-order valence-corrected chi connectivity index (χ3v) is 4.17. The molecule has 1 heterocycles. The van der Waals surface area contributed by atoms with Crippen LogP contribution in [0, 0.1) is 34.6 Å². The Morgan fingerprint density at radius 3 is 1.68 bits per heavy atom. The van der Waals surface area contributed by atoms with Gasteiger partial charge in [-0.1, -0.05) is 0 Å². The van der Waals surface area contributed by atoms with Crippen LogP contribution in [0.5, 0.6) is 0 Å². The lowest BCUT2D eigenvalue weighted by Gasteiger charge is -2.17. The Morgan fingerprint density at radius 1 is 0.789 bits per heavy atom. The standard InChI is InChI=1S/C17H19NO/c1-10-11(2)13(4)16(14(5)12(10)3)17(19)15-6-8-18-9-7-15/h6-9H,1-5H3. The van der Waals surface area contributed by atoms with Gasteiger partial charge in [0, 0.05) is 23.5 Å². The summed E-state index contributed by atoms with van der Waals surface area (Å²) in [7, 11) is 0. The van der Waals surface area contributed by atoms with Crippen LogP contribution in [0.25, 0.3) is 0 Å². The Morgan fingerprint density at radius 2 is 1.21 bits per heavy atom. The van der Waals surface area contributed by atoms with Crippen molar-refractivity contribution in [2.45, 2.75) is 34.6 Å². The van der Waals surface area contributed by atoms with E-state index in [0.29, 0.717) is 5.56 Å². The molecule has 0 radical (unpaired) electrons. The lowest BCUT2D eigenvalue weighted by molar-refractivity contribution is 0.103. The first kappa shape index (κ1) is 13.5. The molecule has 0 aliphatic carbocycles. The highest BCUT2D eigenvalue weighted by Gasteiger charge is 2.19. The van der Waals surface area contributed by atoms with E-state index in [0.717, 1.165) is 16.7 Å². The molecule has 0 bridgehead atoms. The van der Waals surface area contributed by atoms with Gasteiger partial charge in [0.15, 0.2) is 5.78 Å². The van der Waals surface area contributed by atoms with Crippen LogP contribution in [0.1, 0.15) is 43.7 Å². The number of ketones is 1. The Kier molecular flexibility index (Phi) is 3.52. The molecule has 2 nitrogen and oxygen atoms in total. The van der Waals surface area contributed by atoms with Crippen molar-refractivity contribution in [3.63, 3.8) is 0 Å². The van der Waals surface area contributed by atoms with Crippen LogP contribution in [0.3, 0.4) is 0 Å². The molecule has 0 fully saturated rings. The number of carbonyl (C=O) groups excluding carboxylic acids is 1. The van der Waals surface area contributed by atoms with Gasteiger partial charge in [0.05, 0.1) is 0 Å². The normalized spacial score (nSPS) is 10.6. The fourth-order valence-electron chi connectivity index (χ4n) is 2.49. The zero-order valence-corrected chi connectivity index (χ0v) is 12.2. The molecule has 0 N–H and O–H groups in total. The summed E-state index contributed by atoms with van der Waals surface area (Å²) in [6.07, 6.45) is 3.32. The highest BCUT2D eigenvalue weighted by molar-refractivity contribution is 6.11. The molecule has 2 aromatic rings. The molecule has 0 atom stereocenters. The molecular formula is C17H19NO. The monoisotopic (exact) mass is 253 g/mol. The van der Waals surface area contributed by atoms with E-state index < -0.39 is 0 Å². The van der Waals surface area contributed by atoms with E-state index in [9.17, 15) is 4.79 Å². The molecule has 1 aromatic carbocycles. The van der Waals surface area contributed by atoms with E-state index in [-0.39, 0.29) is 5.78 Å². The summed E-state index contributed by atoms with van der Waals surface area (Å²) in [6.45, 7) is 10.3. The van der Waals surface area contributed by atoms with Crippen molar-refractivity contribution >= 4 is 5.78 Å². The quantitative estimate of drug-likeness (QED) is 0.761. The van der Waals surface area contributed by atoms with Gasteiger partial charge in [-0.25, -0.2) is 0 Å². The number of nitrogens with zero attached hydrogens (tertiary/aromatic N) is 1. The van der Waals surface area contributed by atoms with Crippen LogP contribution in [0.2, 0.25) is 0 Å². The summed E-state index contributed by atoms with van der Waals surface area (Å²) in [6, 6.07) is 3.54. The number of rotatable bonds is 2. The third-order valence-electron chi connectivity index (χ3n) is 4.17. The first-order valence-electron chi connectivity index (χ1n) is 6.46. The van der Waals surface area contributed by atoms with Crippen molar-refractivity contribution in [2.75, 3.05) is 0 Å². The molecule has 0 saturated heterocycles. The Hall–Kier alpha value is -1.96. The zero-order valence-electron chi connectivity index (χ0n) is 12.2. The molecule has 19 heavy (non-hydrogen) atoms. The summed E-state index contributed by atoms with van der Waals surface area (Å²) in [5, 5.41) is 0. The maximum atomic E-state index is 12.7. The van der Waals surface area contributed by atoms with Gasteiger partial charge >= 0.3 is 0 Å². The third kappa shape index (κ3) is 2.19. The van der Waals surface area contributed by atoms with Crippen molar-refractivity contribution < 1.29 is 4.79 Å². The number of pyridine rings is 1. The van der Waals surface area contributed by atoms with Gasteiger partial charge in [-0.2, -0.15) is 0 Å². The molecule has 2 heteroatoms. The molecule has 1 aromatic heterocycles. The van der Waals surface area contributed by atoms with Crippen molar-refractivity contribution in [3.8, 4) is 0 Å². The van der Waals surface area contributed by atoms with E-state index >= 15 is 0 Å². The fraction of sp³-hybridized carbons (Fsp3) is 0.294. The highest BCUT2D eigenvalue weighted by Crippen LogP contribution is 2.27. The fourth-order valence-corrected chi connectivity index (χ4v) is 2.49. The van der Waals surface area contributed by atoms with Gasteiger partial charge in [-0.3, -0.25) is 9.78 Å². The molecule has 0 spiro atoms. The van der Waals surface area contributed by atoms with Crippen molar-refractivity contribution in [1.82, 2.24) is 4.98 Å². The molecule has 0 aliphatic heterocycles. The number of aromatic nitrogens is 1. The van der Waals surface area contributed by atoms with E-state index in [1.807, 2.05) is 13.8 Å². The van der Waals surface area contributed by atoms with Gasteiger partial charge in [-0.05, 0) is 74.6 Å². The topological polar surface area (TPSA) is 30.0 Å². The lowest BCUT2D eigenvalue weighted by Crippen LogP contribution is -2.10. The zero-order chi connectivity index (χ0) is 14.2. The van der Waals surface area contributed by atoms with Crippen LogP contribution in [0.4, 0.5) is 0 Å². The largest absolute Gasteiger partial charge is 0.289 e. The van der Waals surface area contributed by atoms with E-state index in [1.165, 1.54) is 16.7 Å². The molecule has 0 saturated carbocycles. The first-order valence-corrected chi connectivity index (χ1v) is 6.46. The summed E-state index contributed by atoms with van der Waals surface area (Å²) in [5.41, 5.74) is 7.41. The maximum Gasteiger partial charge on any atom is 0.193 e. The summed E-state index contributed by atoms with van der Waals surface area (Å²) < 4.78 is 0. The average Bonchev–Trinajstić information content (AvgIpc) is 2.44. The molecule has 2 rings (SSSR count). The second-order valence-corrected chi connectivity index (χ2v) is 5.07. The lowest BCUT2D eigenvalue weighted by atomic mass is 9.86. The van der Waals surface area contributed by atoms with Gasteiger partial charge < -0.3 is 0 Å². The minimum Gasteiger partial charge on any atom is -0.289 e. The SMILES string of the molecule is Cc1c(C)c(C)c(C(=O)c2ccncc2)c(C)c1C. The van der Waals surface area contributed by atoms with Crippen molar-refractivity contribution in [3.05, 3.63) is 63.5 Å². The van der Waals surface area contributed by atoms with Crippen molar-refractivity contribution in [1.29, 1.82) is 0 Å². The predicted molar refractivity (Wildman–Crippen MR) is 77.8 cm³/mol. The Labute approximate surface area is 114 Å². The number of hydrogen-bond donors (Lipinski definition) is 0. The molecule has 0 unspecified atom stereocenters. The van der Waals surface area contributed by atoms with E-state index in [2.05, 4.69) is 25.8 Å². The minimum absolute atomic E-state index is 0.0867. The number of carbonyl (C=O) groups is 1. The van der Waals surface area contributed by atoms with Gasteiger partial charge in [0.25, 0.3) is 0 Å². The van der Waals surface area contributed by atoms with Gasteiger partial charge in [-0.15, -0.1) is 0 Å². The van der Waals surface area contributed by atoms with Crippen LogP contribution < -0.4 is 0 Å². The van der Waals surface area contributed by atoms with Crippen LogP contribution in [-0.2, 0) is 0 Å². The summed E-state index contributed by atoms with van der Waals surface area (Å²) in [5.74, 6) is 0.0867. The van der Waals surface area contributed by atoms with Gasteiger partial charge in [0.1, 0.15) is 0 Å². The smallest absolute Gasteiger partial charge is 0.193 e. The Balaban J connectivity index is 2.67. The second-order valence-electron chi connectivity index (χ2n) is 5.07. The molecule has 0 amide bonds. The van der Waals surface area contributed by atoms with E-state index in [1.54, 1.807) is 24.5 Å². The molecular weight excluding hydrogens is 234 g/mol. The summed E-state index contributed by atoms with van der Waals surface area (Å²) >= 11 is 0. The van der Waals surface area contributed by atoms with Crippen LogP contribution >= 0.6 is 0 Å². The second kappa shape index (κ2) is 4.96. The van der Waals surface area contributed by atoms with Crippen molar-refractivity contribution in [2.24, 2.45) is 0 Å². The summed E-state index contributed by atoms with van der Waals surface area (Å²) in [4.78, 5) is 16.6. The average molecular weight is 253 g/mol. The number of benzene rings is 1. The molecule has 0 aliphatic rings. The first-order chi connectivity index (χ1) is 8.95. The Bertz CT molecular complexity index is 613. The van der Waals surface area contributed by atoms with Crippen LogP contribution in [0.15, 0.2) is 24.5 Å². The molecule has 98 valence electrons. The number of hydrogen-bond acceptors (Lipinski definition) is 2. The highest BCUT2D eigenvalue weighted by atomic mass is 16.1. The van der Waals surface area contributed by atoms with Crippen LogP contribution in [-0.4, -0.2) is 10.8 Å². The minimum atomic E-state index is 0.0867. The van der Waals surface area contributed by atoms with E-state index in [4.69, 9.17) is 0 Å². The predicted octanol–water partition coefficient (Wildman–Crippen LogP) is 3.85. The van der Waals surface area contributed by atoms with Gasteiger partial charge in [0.2, 0.25) is 0 Å². The maximum absolute atomic E-state index is 12.7.